The quantitative estimate of drug-likeness (QED) is 0.452. The van der Waals surface area contributed by atoms with Crippen LogP contribution in [0, 0.1) is 0 Å². The Hall–Kier alpha value is -3.93. The Morgan fingerprint density at radius 1 is 0.844 bits per heavy atom. The molecule has 0 spiro atoms. The van der Waals surface area contributed by atoms with Gasteiger partial charge in [0.25, 0.3) is 5.91 Å². The van der Waals surface area contributed by atoms with Gasteiger partial charge >= 0.3 is 11.9 Å². The zero-order chi connectivity index (χ0) is 22.5. The third-order valence-electron chi connectivity index (χ3n) is 5.38. The summed E-state index contributed by atoms with van der Waals surface area (Å²) < 4.78 is 10.3. The first kappa shape index (κ1) is 21.3. The minimum absolute atomic E-state index is 0.197. The first-order chi connectivity index (χ1) is 15.5. The van der Waals surface area contributed by atoms with E-state index in [9.17, 15) is 14.4 Å². The topological polar surface area (TPSA) is 72.9 Å². The molecule has 162 valence electrons. The highest BCUT2D eigenvalue weighted by Gasteiger charge is 2.21. The molecule has 1 aliphatic heterocycles. The lowest BCUT2D eigenvalue weighted by Crippen LogP contribution is -2.38. The predicted octanol–water partition coefficient (Wildman–Crippen LogP) is 4.02. The number of carbonyl (C=O) groups excluding carboxylic acids is 3. The third-order valence-corrected chi connectivity index (χ3v) is 5.38. The summed E-state index contributed by atoms with van der Waals surface area (Å²) in [5, 5.41) is 0. The van der Waals surface area contributed by atoms with E-state index in [1.807, 2.05) is 30.3 Å². The van der Waals surface area contributed by atoms with E-state index in [4.69, 9.17) is 9.47 Å². The van der Waals surface area contributed by atoms with Gasteiger partial charge in [0.1, 0.15) is 5.75 Å². The van der Waals surface area contributed by atoms with Crippen LogP contribution in [0.3, 0.4) is 0 Å². The molecule has 32 heavy (non-hydrogen) atoms. The highest BCUT2D eigenvalue weighted by Crippen LogP contribution is 2.23. The number of esters is 2. The number of fused-ring (bicyclic) bond motifs is 1. The molecule has 0 aromatic heterocycles. The highest BCUT2D eigenvalue weighted by molar-refractivity contribution is 5.92. The molecule has 0 saturated heterocycles. The van der Waals surface area contributed by atoms with Gasteiger partial charge in [0.2, 0.25) is 0 Å². The van der Waals surface area contributed by atoms with Crippen molar-refractivity contribution in [2.24, 2.45) is 0 Å². The minimum Gasteiger partial charge on any atom is -0.452 e. The second-order valence-electron chi connectivity index (χ2n) is 7.61. The molecule has 1 heterocycles. The van der Waals surface area contributed by atoms with Crippen LogP contribution in [-0.2, 0) is 27.3 Å². The molecule has 0 N–H and O–H groups in total. The standard InChI is InChI=1S/C26H23NO5/c1-18(28)32-24-12-10-21(11-13-24)20-6-8-22(9-7-20)26(30)31-17-25(29)27-15-14-19-4-2-3-5-23(19)16-27/h2-13H,14-17H2,1H3. The maximum Gasteiger partial charge on any atom is 0.338 e. The van der Waals surface area contributed by atoms with Crippen molar-refractivity contribution in [2.45, 2.75) is 19.9 Å². The molecule has 0 saturated carbocycles. The zero-order valence-electron chi connectivity index (χ0n) is 17.7. The number of rotatable bonds is 5. The average molecular weight is 429 g/mol. The van der Waals surface area contributed by atoms with Crippen molar-refractivity contribution in [3.05, 3.63) is 89.5 Å². The summed E-state index contributed by atoms with van der Waals surface area (Å²) in [5.74, 6) is -0.627. The number of amides is 1. The zero-order valence-corrected chi connectivity index (χ0v) is 17.7. The van der Waals surface area contributed by atoms with Crippen LogP contribution in [0.1, 0.15) is 28.4 Å². The Morgan fingerprint density at radius 2 is 1.47 bits per heavy atom. The van der Waals surface area contributed by atoms with E-state index in [2.05, 4.69) is 6.07 Å². The Balaban J connectivity index is 1.32. The van der Waals surface area contributed by atoms with Gasteiger partial charge in [-0.3, -0.25) is 9.59 Å². The summed E-state index contributed by atoms with van der Waals surface area (Å²) >= 11 is 0. The molecule has 1 amide bonds. The van der Waals surface area contributed by atoms with Crippen LogP contribution < -0.4 is 4.74 Å². The van der Waals surface area contributed by atoms with Gasteiger partial charge in [-0.15, -0.1) is 0 Å². The number of ether oxygens (including phenoxy) is 2. The lowest BCUT2D eigenvalue weighted by atomic mass is 10.00. The van der Waals surface area contributed by atoms with E-state index in [-0.39, 0.29) is 18.5 Å². The van der Waals surface area contributed by atoms with E-state index in [0.717, 1.165) is 23.1 Å². The Kier molecular flexibility index (Phi) is 6.31. The third kappa shape index (κ3) is 5.03. The Labute approximate surface area is 186 Å². The van der Waals surface area contributed by atoms with Crippen molar-refractivity contribution in [3.63, 3.8) is 0 Å². The summed E-state index contributed by atoms with van der Waals surface area (Å²) in [6.45, 7) is 2.24. The number of benzene rings is 3. The first-order valence-electron chi connectivity index (χ1n) is 10.4. The minimum atomic E-state index is -0.535. The summed E-state index contributed by atoms with van der Waals surface area (Å²) in [6, 6.07) is 22.1. The van der Waals surface area contributed by atoms with Gasteiger partial charge in [0.15, 0.2) is 6.61 Å². The van der Waals surface area contributed by atoms with Crippen LogP contribution in [0.4, 0.5) is 0 Å². The lowest BCUT2D eigenvalue weighted by Gasteiger charge is -2.28. The maximum absolute atomic E-state index is 12.5. The van der Waals surface area contributed by atoms with E-state index in [0.29, 0.717) is 24.4 Å². The molecular formula is C26H23NO5. The van der Waals surface area contributed by atoms with E-state index >= 15 is 0 Å². The van der Waals surface area contributed by atoms with Crippen molar-refractivity contribution in [3.8, 4) is 16.9 Å². The largest absolute Gasteiger partial charge is 0.452 e. The Bertz CT molecular complexity index is 1140. The van der Waals surface area contributed by atoms with Crippen LogP contribution in [0.5, 0.6) is 5.75 Å². The predicted molar refractivity (Wildman–Crippen MR) is 119 cm³/mol. The van der Waals surface area contributed by atoms with Crippen LogP contribution in [0.25, 0.3) is 11.1 Å². The monoisotopic (exact) mass is 429 g/mol. The van der Waals surface area contributed by atoms with Crippen molar-refractivity contribution in [1.29, 1.82) is 0 Å². The second kappa shape index (κ2) is 9.47. The van der Waals surface area contributed by atoms with Crippen LogP contribution in [0.2, 0.25) is 0 Å². The van der Waals surface area contributed by atoms with Crippen LogP contribution in [0.15, 0.2) is 72.8 Å². The lowest BCUT2D eigenvalue weighted by molar-refractivity contribution is -0.135. The van der Waals surface area contributed by atoms with E-state index < -0.39 is 5.97 Å². The van der Waals surface area contributed by atoms with Gasteiger partial charge in [-0.2, -0.15) is 0 Å². The maximum atomic E-state index is 12.5. The molecule has 6 heteroatoms. The van der Waals surface area contributed by atoms with Gasteiger partial charge in [-0.1, -0.05) is 48.5 Å². The molecular weight excluding hydrogens is 406 g/mol. The van der Waals surface area contributed by atoms with Crippen molar-refractivity contribution in [1.82, 2.24) is 4.90 Å². The Morgan fingerprint density at radius 3 is 2.12 bits per heavy atom. The van der Waals surface area contributed by atoms with Gasteiger partial charge < -0.3 is 14.4 Å². The van der Waals surface area contributed by atoms with Gasteiger partial charge in [-0.25, -0.2) is 4.79 Å². The first-order valence-corrected chi connectivity index (χ1v) is 10.4. The normalized spacial score (nSPS) is 12.6. The molecule has 0 radical (unpaired) electrons. The van der Waals surface area contributed by atoms with Crippen LogP contribution in [-0.4, -0.2) is 35.9 Å². The SMILES string of the molecule is CC(=O)Oc1ccc(-c2ccc(C(=O)OCC(=O)N3CCc4ccccc4C3)cc2)cc1. The molecule has 0 aliphatic carbocycles. The fourth-order valence-corrected chi connectivity index (χ4v) is 3.69. The molecule has 4 rings (SSSR count). The number of nitrogens with zero attached hydrogens (tertiary/aromatic N) is 1. The molecule has 0 fully saturated rings. The van der Waals surface area contributed by atoms with Gasteiger partial charge in [-0.05, 0) is 52.9 Å². The van der Waals surface area contributed by atoms with Gasteiger partial charge in [0.05, 0.1) is 5.56 Å². The summed E-state index contributed by atoms with van der Waals surface area (Å²) in [7, 11) is 0. The molecule has 0 atom stereocenters. The van der Waals surface area contributed by atoms with E-state index in [1.165, 1.54) is 12.5 Å². The fraction of sp³-hybridized carbons (Fsp3) is 0.192. The summed E-state index contributed by atoms with van der Waals surface area (Å²) in [4.78, 5) is 37.6. The fourth-order valence-electron chi connectivity index (χ4n) is 3.69. The van der Waals surface area contributed by atoms with Crippen molar-refractivity contribution < 1.29 is 23.9 Å². The molecule has 1 aliphatic rings. The molecule has 0 bridgehead atoms. The van der Waals surface area contributed by atoms with Gasteiger partial charge in [0, 0.05) is 20.0 Å². The summed E-state index contributed by atoms with van der Waals surface area (Å²) in [5.41, 5.74) is 4.59. The highest BCUT2D eigenvalue weighted by atomic mass is 16.5. The molecule has 0 unspecified atom stereocenters. The molecule has 3 aromatic rings. The molecule has 3 aromatic carbocycles. The van der Waals surface area contributed by atoms with Crippen LogP contribution >= 0.6 is 0 Å². The summed E-state index contributed by atoms with van der Waals surface area (Å²) in [6.07, 6.45) is 0.805. The number of hydrogen-bond donors (Lipinski definition) is 0. The number of hydrogen-bond acceptors (Lipinski definition) is 5. The second-order valence-corrected chi connectivity index (χ2v) is 7.61. The van der Waals surface area contributed by atoms with E-state index in [1.54, 1.807) is 41.3 Å². The molecule has 6 nitrogen and oxygen atoms in total. The number of carbonyl (C=O) groups is 3. The van der Waals surface area contributed by atoms with Crippen molar-refractivity contribution in [2.75, 3.05) is 13.2 Å². The van der Waals surface area contributed by atoms with Crippen molar-refractivity contribution >= 4 is 17.8 Å². The smallest absolute Gasteiger partial charge is 0.338 e. The average Bonchev–Trinajstić information content (AvgIpc) is 2.82.